The summed E-state index contributed by atoms with van der Waals surface area (Å²) in [6.45, 7) is 0.165. The number of nitrogen functional groups attached to an aromatic ring is 1. The highest BCUT2D eigenvalue weighted by atomic mass is 16.5. The summed E-state index contributed by atoms with van der Waals surface area (Å²) in [5.41, 5.74) is 8.97. The Morgan fingerprint density at radius 2 is 1.82 bits per heavy atom. The Kier molecular flexibility index (Phi) is 6.15. The van der Waals surface area contributed by atoms with Gasteiger partial charge in [-0.15, -0.1) is 0 Å². The minimum Gasteiger partial charge on any atom is -0.458 e. The largest absolute Gasteiger partial charge is 0.458 e. The minimum absolute atomic E-state index is 0.165. The normalized spacial score (nSPS) is 10.6. The molecule has 0 aliphatic carbocycles. The molecule has 0 bridgehead atoms. The van der Waals surface area contributed by atoms with Crippen molar-refractivity contribution in [3.63, 3.8) is 0 Å². The highest BCUT2D eigenvalue weighted by Crippen LogP contribution is 2.18. The topological polar surface area (TPSA) is 94.3 Å². The number of anilines is 2. The van der Waals surface area contributed by atoms with Crippen molar-refractivity contribution in [3.8, 4) is 0 Å². The van der Waals surface area contributed by atoms with E-state index in [1.807, 2.05) is 6.07 Å². The first kappa shape index (κ1) is 18.8. The quantitative estimate of drug-likeness (QED) is 0.391. The first-order valence-electron chi connectivity index (χ1n) is 8.61. The van der Waals surface area contributed by atoms with E-state index >= 15 is 0 Å². The van der Waals surface area contributed by atoms with Gasteiger partial charge in [0.25, 0.3) is 5.91 Å². The second-order valence-electron chi connectivity index (χ2n) is 5.97. The molecular formula is C22H19N3O3. The van der Waals surface area contributed by atoms with Crippen LogP contribution < -0.4 is 11.1 Å². The lowest BCUT2D eigenvalue weighted by Gasteiger charge is -2.08. The fourth-order valence-corrected chi connectivity index (χ4v) is 2.40. The van der Waals surface area contributed by atoms with Gasteiger partial charge >= 0.3 is 5.97 Å². The van der Waals surface area contributed by atoms with Crippen molar-refractivity contribution < 1.29 is 14.3 Å². The van der Waals surface area contributed by atoms with E-state index in [9.17, 15) is 9.59 Å². The number of para-hydroxylation sites is 2. The van der Waals surface area contributed by atoms with Crippen molar-refractivity contribution in [3.05, 3.63) is 95.8 Å². The summed E-state index contributed by atoms with van der Waals surface area (Å²) in [6, 6.07) is 17.5. The standard InChI is InChI=1S/C22H19N3O3/c23-19-5-1-2-6-20(19)25-22(27)18-10-7-16(8-11-18)9-12-21(26)28-15-17-4-3-13-24-14-17/h1-14H,15,23H2,(H,25,27). The lowest BCUT2D eigenvalue weighted by Crippen LogP contribution is -2.12. The number of aromatic nitrogens is 1. The number of hydrogen-bond acceptors (Lipinski definition) is 5. The zero-order chi connectivity index (χ0) is 19.8. The fourth-order valence-electron chi connectivity index (χ4n) is 2.40. The Hall–Kier alpha value is -3.93. The van der Waals surface area contributed by atoms with Crippen LogP contribution in [0, 0.1) is 0 Å². The molecule has 140 valence electrons. The van der Waals surface area contributed by atoms with Gasteiger partial charge < -0.3 is 15.8 Å². The minimum atomic E-state index is -0.453. The molecule has 0 aliphatic rings. The first-order chi connectivity index (χ1) is 13.6. The van der Waals surface area contributed by atoms with E-state index in [1.165, 1.54) is 6.08 Å². The number of ether oxygens (including phenoxy) is 1. The molecular weight excluding hydrogens is 354 g/mol. The molecule has 6 heteroatoms. The van der Waals surface area contributed by atoms with Crippen molar-refractivity contribution >= 4 is 29.3 Å². The van der Waals surface area contributed by atoms with Crippen LogP contribution in [0.25, 0.3) is 6.08 Å². The maximum absolute atomic E-state index is 12.3. The van der Waals surface area contributed by atoms with Crippen LogP contribution in [0.3, 0.4) is 0 Å². The van der Waals surface area contributed by atoms with E-state index in [0.717, 1.165) is 11.1 Å². The predicted octanol–water partition coefficient (Wildman–Crippen LogP) is 3.67. The molecule has 0 saturated heterocycles. The summed E-state index contributed by atoms with van der Waals surface area (Å²) in [5, 5.41) is 2.77. The number of hydrogen-bond donors (Lipinski definition) is 2. The highest BCUT2D eigenvalue weighted by molar-refractivity contribution is 6.05. The molecule has 2 aromatic carbocycles. The van der Waals surface area contributed by atoms with E-state index in [4.69, 9.17) is 10.5 Å². The SMILES string of the molecule is Nc1ccccc1NC(=O)c1ccc(C=CC(=O)OCc2cccnc2)cc1. The average molecular weight is 373 g/mol. The number of amides is 1. The third kappa shape index (κ3) is 5.28. The van der Waals surface area contributed by atoms with Gasteiger partial charge in [-0.1, -0.05) is 30.3 Å². The summed E-state index contributed by atoms with van der Waals surface area (Å²) in [7, 11) is 0. The van der Waals surface area contributed by atoms with Gasteiger partial charge in [0, 0.05) is 29.6 Å². The predicted molar refractivity (Wildman–Crippen MR) is 108 cm³/mol. The number of pyridine rings is 1. The van der Waals surface area contributed by atoms with Crippen molar-refractivity contribution in [2.75, 3.05) is 11.1 Å². The van der Waals surface area contributed by atoms with Crippen LogP contribution in [0.1, 0.15) is 21.5 Å². The molecule has 0 atom stereocenters. The number of nitrogens with two attached hydrogens (primary N) is 1. The van der Waals surface area contributed by atoms with Gasteiger partial charge in [0.05, 0.1) is 11.4 Å². The third-order valence-corrected chi connectivity index (χ3v) is 3.90. The van der Waals surface area contributed by atoms with E-state index in [1.54, 1.807) is 73.1 Å². The molecule has 0 spiro atoms. The Labute approximate surface area is 162 Å². The van der Waals surface area contributed by atoms with Crippen LogP contribution in [0.15, 0.2) is 79.1 Å². The molecule has 6 nitrogen and oxygen atoms in total. The van der Waals surface area contributed by atoms with Crippen molar-refractivity contribution in [2.24, 2.45) is 0 Å². The molecule has 0 fully saturated rings. The number of carbonyl (C=O) groups excluding carboxylic acids is 2. The lowest BCUT2D eigenvalue weighted by molar-refractivity contribution is -0.138. The van der Waals surface area contributed by atoms with Gasteiger partial charge in [-0.3, -0.25) is 9.78 Å². The second-order valence-corrected chi connectivity index (χ2v) is 5.97. The summed E-state index contributed by atoms with van der Waals surface area (Å²) in [6.07, 6.45) is 6.27. The third-order valence-electron chi connectivity index (χ3n) is 3.90. The molecule has 0 aliphatic heterocycles. The molecule has 0 saturated carbocycles. The van der Waals surface area contributed by atoms with Gasteiger partial charge in [0.1, 0.15) is 6.61 Å². The molecule has 1 heterocycles. The number of esters is 1. The smallest absolute Gasteiger partial charge is 0.331 e. The number of rotatable bonds is 6. The van der Waals surface area contributed by atoms with Crippen LogP contribution in [0.4, 0.5) is 11.4 Å². The summed E-state index contributed by atoms with van der Waals surface area (Å²) in [5.74, 6) is -0.713. The molecule has 0 radical (unpaired) electrons. The van der Waals surface area contributed by atoms with Gasteiger partial charge in [-0.2, -0.15) is 0 Å². The van der Waals surface area contributed by atoms with Crippen LogP contribution in [0.5, 0.6) is 0 Å². The second kappa shape index (κ2) is 9.14. The summed E-state index contributed by atoms with van der Waals surface area (Å²) < 4.78 is 5.15. The molecule has 3 rings (SSSR count). The molecule has 0 unspecified atom stereocenters. The maximum Gasteiger partial charge on any atom is 0.331 e. The molecule has 3 aromatic rings. The summed E-state index contributed by atoms with van der Waals surface area (Å²) in [4.78, 5) is 28.1. The van der Waals surface area contributed by atoms with Crippen LogP contribution in [-0.2, 0) is 16.1 Å². The highest BCUT2D eigenvalue weighted by Gasteiger charge is 2.07. The Bertz CT molecular complexity index is 983. The maximum atomic E-state index is 12.3. The van der Waals surface area contributed by atoms with Gasteiger partial charge in [0.2, 0.25) is 0 Å². The van der Waals surface area contributed by atoms with Crippen LogP contribution in [0.2, 0.25) is 0 Å². The Morgan fingerprint density at radius 3 is 2.54 bits per heavy atom. The van der Waals surface area contributed by atoms with Gasteiger partial charge in [-0.25, -0.2) is 4.79 Å². The zero-order valence-electron chi connectivity index (χ0n) is 15.0. The molecule has 3 N–H and O–H groups in total. The molecule has 1 amide bonds. The number of benzene rings is 2. The first-order valence-corrected chi connectivity index (χ1v) is 8.61. The Balaban J connectivity index is 1.55. The van der Waals surface area contributed by atoms with Gasteiger partial charge in [-0.05, 0) is 42.0 Å². The van der Waals surface area contributed by atoms with Crippen molar-refractivity contribution in [1.29, 1.82) is 0 Å². The fraction of sp³-hybridized carbons (Fsp3) is 0.0455. The van der Waals surface area contributed by atoms with E-state index in [0.29, 0.717) is 16.9 Å². The Morgan fingerprint density at radius 1 is 1.04 bits per heavy atom. The van der Waals surface area contributed by atoms with Crippen molar-refractivity contribution in [2.45, 2.75) is 6.61 Å². The number of nitrogens with one attached hydrogen (secondary N) is 1. The lowest BCUT2D eigenvalue weighted by atomic mass is 10.1. The molecule has 1 aromatic heterocycles. The van der Waals surface area contributed by atoms with E-state index < -0.39 is 5.97 Å². The van der Waals surface area contributed by atoms with Crippen molar-refractivity contribution in [1.82, 2.24) is 4.98 Å². The number of nitrogens with zero attached hydrogens (tertiary/aromatic N) is 1. The van der Waals surface area contributed by atoms with E-state index in [2.05, 4.69) is 10.3 Å². The average Bonchev–Trinajstić information content (AvgIpc) is 2.73. The van der Waals surface area contributed by atoms with E-state index in [-0.39, 0.29) is 12.5 Å². The van der Waals surface area contributed by atoms with Crippen LogP contribution >= 0.6 is 0 Å². The van der Waals surface area contributed by atoms with Crippen LogP contribution in [-0.4, -0.2) is 16.9 Å². The monoisotopic (exact) mass is 373 g/mol. The number of carbonyl (C=O) groups is 2. The molecule has 28 heavy (non-hydrogen) atoms. The van der Waals surface area contributed by atoms with Gasteiger partial charge in [0.15, 0.2) is 0 Å². The zero-order valence-corrected chi connectivity index (χ0v) is 15.0. The summed E-state index contributed by atoms with van der Waals surface area (Å²) >= 11 is 0.